The number of benzene rings is 1. The quantitative estimate of drug-likeness (QED) is 0.614. The summed E-state index contributed by atoms with van der Waals surface area (Å²) in [4.78, 5) is 47.7. The fraction of sp³-hybridized carbons (Fsp3) is 0.444. The number of urea groups is 1. The molecule has 0 aliphatic heterocycles. The van der Waals surface area contributed by atoms with Gasteiger partial charge < -0.3 is 15.8 Å². The van der Waals surface area contributed by atoms with Gasteiger partial charge >= 0.3 is 12.0 Å². The molecule has 8 nitrogen and oxygen atoms in total. The third-order valence-corrected chi connectivity index (χ3v) is 3.67. The molecule has 1 rings (SSSR count). The number of hydrogen-bond acceptors (Lipinski definition) is 5. The Hall–Kier alpha value is -2.97. The van der Waals surface area contributed by atoms with Gasteiger partial charge in [0, 0.05) is 5.56 Å². The highest BCUT2D eigenvalue weighted by Crippen LogP contribution is 2.13. The van der Waals surface area contributed by atoms with E-state index in [1.807, 2.05) is 5.32 Å². The number of nitrogens with two attached hydrogens (primary N) is 1. The van der Waals surface area contributed by atoms with Crippen molar-refractivity contribution in [2.45, 2.75) is 39.8 Å². The fourth-order valence-corrected chi connectivity index (χ4v) is 2.21. The molecule has 0 aromatic heterocycles. The standard InChI is InChI=1S/C18H24FN3O5/c1-9(2)13(21-15(23)11-5-7-12(19)8-6-11)17(25)27-14(10(3)4)16(24)22-18(20)26/h5-10,13-14H,1-4H3,(H,21,23)(H3,20,22,24,26)/t13-,14+/m0/s1. The summed E-state index contributed by atoms with van der Waals surface area (Å²) in [5.41, 5.74) is 5.08. The molecule has 148 valence electrons. The lowest BCUT2D eigenvalue weighted by molar-refractivity contribution is -0.161. The van der Waals surface area contributed by atoms with Gasteiger partial charge in [-0.1, -0.05) is 27.7 Å². The molecular weight excluding hydrogens is 357 g/mol. The maximum Gasteiger partial charge on any atom is 0.329 e. The van der Waals surface area contributed by atoms with E-state index in [2.05, 4.69) is 5.32 Å². The van der Waals surface area contributed by atoms with Crippen molar-refractivity contribution in [2.75, 3.05) is 0 Å². The highest BCUT2D eigenvalue weighted by Gasteiger charge is 2.33. The van der Waals surface area contributed by atoms with Gasteiger partial charge in [-0.25, -0.2) is 14.0 Å². The summed E-state index contributed by atoms with van der Waals surface area (Å²) in [7, 11) is 0. The highest BCUT2D eigenvalue weighted by atomic mass is 19.1. The van der Waals surface area contributed by atoms with Crippen molar-refractivity contribution in [3.8, 4) is 0 Å². The number of imide groups is 1. The zero-order valence-electron chi connectivity index (χ0n) is 15.6. The van der Waals surface area contributed by atoms with Gasteiger partial charge in [-0.05, 0) is 36.1 Å². The molecule has 0 radical (unpaired) electrons. The number of halogens is 1. The Bertz CT molecular complexity index is 703. The molecule has 4 N–H and O–H groups in total. The lowest BCUT2D eigenvalue weighted by Crippen LogP contribution is -2.50. The third kappa shape index (κ3) is 6.69. The number of nitrogens with one attached hydrogen (secondary N) is 2. The monoisotopic (exact) mass is 381 g/mol. The summed E-state index contributed by atoms with van der Waals surface area (Å²) >= 11 is 0. The van der Waals surface area contributed by atoms with Crippen molar-refractivity contribution in [1.29, 1.82) is 0 Å². The van der Waals surface area contributed by atoms with Crippen molar-refractivity contribution >= 4 is 23.8 Å². The second-order valence-corrected chi connectivity index (χ2v) is 6.66. The Morgan fingerprint density at radius 1 is 1.00 bits per heavy atom. The summed E-state index contributed by atoms with van der Waals surface area (Å²) in [6, 6.07) is 2.70. The van der Waals surface area contributed by atoms with E-state index in [0.29, 0.717) is 0 Å². The van der Waals surface area contributed by atoms with E-state index in [1.165, 1.54) is 12.1 Å². The van der Waals surface area contributed by atoms with Gasteiger partial charge in [0.1, 0.15) is 11.9 Å². The maximum atomic E-state index is 13.0. The molecule has 0 saturated carbocycles. The summed E-state index contributed by atoms with van der Waals surface area (Å²) in [6.07, 6.45) is -1.26. The topological polar surface area (TPSA) is 128 Å². The van der Waals surface area contributed by atoms with Crippen LogP contribution in [0.1, 0.15) is 38.1 Å². The first-order valence-electron chi connectivity index (χ1n) is 8.40. The number of amides is 4. The molecule has 0 aliphatic rings. The second kappa shape index (κ2) is 9.65. The average Bonchev–Trinajstić information content (AvgIpc) is 2.56. The molecule has 0 heterocycles. The van der Waals surface area contributed by atoms with Crippen molar-refractivity contribution in [3.05, 3.63) is 35.6 Å². The molecule has 2 atom stereocenters. The van der Waals surface area contributed by atoms with Gasteiger partial charge in [0.05, 0.1) is 0 Å². The zero-order chi connectivity index (χ0) is 20.7. The number of ether oxygens (including phenoxy) is 1. The zero-order valence-corrected chi connectivity index (χ0v) is 15.6. The maximum absolute atomic E-state index is 13.0. The van der Waals surface area contributed by atoms with Crippen LogP contribution in [0.2, 0.25) is 0 Å². The SMILES string of the molecule is CC(C)[C@H](NC(=O)c1ccc(F)cc1)C(=O)O[C@@H](C(=O)NC(N)=O)C(C)C. The van der Waals surface area contributed by atoms with Gasteiger partial charge in [-0.15, -0.1) is 0 Å². The van der Waals surface area contributed by atoms with E-state index in [1.54, 1.807) is 27.7 Å². The number of primary amides is 1. The minimum absolute atomic E-state index is 0.168. The third-order valence-electron chi connectivity index (χ3n) is 3.67. The molecule has 0 bridgehead atoms. The van der Waals surface area contributed by atoms with Crippen LogP contribution in [0.15, 0.2) is 24.3 Å². The van der Waals surface area contributed by atoms with Crippen LogP contribution in [-0.2, 0) is 14.3 Å². The first-order valence-corrected chi connectivity index (χ1v) is 8.40. The van der Waals surface area contributed by atoms with Crippen LogP contribution in [0.5, 0.6) is 0 Å². The van der Waals surface area contributed by atoms with Crippen LogP contribution in [0.3, 0.4) is 0 Å². The van der Waals surface area contributed by atoms with E-state index in [0.717, 1.165) is 12.1 Å². The van der Waals surface area contributed by atoms with Crippen LogP contribution >= 0.6 is 0 Å². The predicted molar refractivity (Wildman–Crippen MR) is 94.9 cm³/mol. The van der Waals surface area contributed by atoms with E-state index in [4.69, 9.17) is 10.5 Å². The van der Waals surface area contributed by atoms with Crippen LogP contribution in [0.4, 0.5) is 9.18 Å². The molecule has 1 aromatic rings. The molecule has 0 unspecified atom stereocenters. The molecule has 0 fully saturated rings. The molecule has 4 amide bonds. The van der Waals surface area contributed by atoms with E-state index in [-0.39, 0.29) is 11.5 Å². The molecule has 27 heavy (non-hydrogen) atoms. The van der Waals surface area contributed by atoms with Crippen molar-refractivity contribution in [3.63, 3.8) is 0 Å². The molecule has 1 aromatic carbocycles. The summed E-state index contributed by atoms with van der Waals surface area (Å²) in [6.45, 7) is 6.62. The number of carbonyl (C=O) groups excluding carboxylic acids is 4. The van der Waals surface area contributed by atoms with Gasteiger partial charge in [0.15, 0.2) is 6.10 Å². The van der Waals surface area contributed by atoms with Crippen molar-refractivity contribution in [2.24, 2.45) is 17.6 Å². The number of esters is 1. The number of carbonyl (C=O) groups is 4. The van der Waals surface area contributed by atoms with Gasteiger partial charge in [0.2, 0.25) is 0 Å². The smallest absolute Gasteiger partial charge is 0.329 e. The molecule has 0 spiro atoms. The van der Waals surface area contributed by atoms with E-state index in [9.17, 15) is 23.6 Å². The van der Waals surface area contributed by atoms with E-state index < -0.39 is 47.7 Å². The first-order chi connectivity index (χ1) is 12.5. The van der Waals surface area contributed by atoms with Gasteiger partial charge in [0.25, 0.3) is 11.8 Å². The molecular formula is C18H24FN3O5. The van der Waals surface area contributed by atoms with Crippen molar-refractivity contribution in [1.82, 2.24) is 10.6 Å². The first kappa shape index (κ1) is 22.1. The lowest BCUT2D eigenvalue weighted by atomic mass is 10.0. The summed E-state index contributed by atoms with van der Waals surface area (Å²) in [5, 5.41) is 4.39. The Kier molecular flexibility index (Phi) is 7.89. The Morgan fingerprint density at radius 2 is 1.56 bits per heavy atom. The number of hydrogen-bond donors (Lipinski definition) is 3. The highest BCUT2D eigenvalue weighted by molar-refractivity contribution is 5.98. The Labute approximate surface area is 156 Å². The normalized spacial score (nSPS) is 13.0. The van der Waals surface area contributed by atoms with Crippen molar-refractivity contribution < 1.29 is 28.3 Å². The summed E-state index contributed by atoms with van der Waals surface area (Å²) in [5.74, 6) is -3.56. The Morgan fingerprint density at radius 3 is 2.00 bits per heavy atom. The lowest BCUT2D eigenvalue weighted by Gasteiger charge is -2.25. The second-order valence-electron chi connectivity index (χ2n) is 6.66. The largest absolute Gasteiger partial charge is 0.450 e. The minimum atomic E-state index is -1.26. The van der Waals surface area contributed by atoms with E-state index >= 15 is 0 Å². The van der Waals surface area contributed by atoms with Crippen LogP contribution in [0.25, 0.3) is 0 Å². The average molecular weight is 381 g/mol. The molecule has 0 aliphatic carbocycles. The fourth-order valence-electron chi connectivity index (χ4n) is 2.21. The Balaban J connectivity index is 2.90. The summed E-state index contributed by atoms with van der Waals surface area (Å²) < 4.78 is 18.2. The molecule has 9 heteroatoms. The number of rotatable bonds is 7. The van der Waals surface area contributed by atoms with Crippen LogP contribution < -0.4 is 16.4 Å². The van der Waals surface area contributed by atoms with Gasteiger partial charge in [-0.3, -0.25) is 14.9 Å². The van der Waals surface area contributed by atoms with Crippen LogP contribution in [-0.4, -0.2) is 36.0 Å². The molecule has 0 saturated heterocycles. The predicted octanol–water partition coefficient (Wildman–Crippen LogP) is 1.34. The minimum Gasteiger partial charge on any atom is -0.450 e. The van der Waals surface area contributed by atoms with Crippen LogP contribution in [0, 0.1) is 17.7 Å². The van der Waals surface area contributed by atoms with Gasteiger partial charge in [-0.2, -0.15) is 0 Å².